The zero-order valence-electron chi connectivity index (χ0n) is 30.9. The average Bonchev–Trinajstić information content (AvgIpc) is 2.77. The van der Waals surface area contributed by atoms with Crippen LogP contribution in [0, 0.1) is 6.92 Å². The van der Waals surface area contributed by atoms with Crippen LogP contribution < -0.4 is 21.3 Å². The van der Waals surface area contributed by atoms with Crippen molar-refractivity contribution in [3.63, 3.8) is 0 Å². The molecule has 0 fully saturated rings. The Morgan fingerprint density at radius 2 is 0.933 bits per heavy atom. The van der Waals surface area contributed by atoms with E-state index in [0.717, 1.165) is 30.5 Å². The monoisotopic (exact) mass is 732 g/mol. The lowest BCUT2D eigenvalue weighted by molar-refractivity contribution is 0.251. The van der Waals surface area contributed by atoms with E-state index >= 15 is 0 Å². The van der Waals surface area contributed by atoms with Gasteiger partial charge in [0.15, 0.2) is 33.3 Å². The molecule has 10 nitrogen and oxygen atoms in total. The molecule has 1 aromatic rings. The molecule has 0 aliphatic rings. The molecule has 0 saturated carbocycles. The number of carbonyl (C=O) groups excluding carboxylic acids is 2. The number of anilines is 2. The van der Waals surface area contributed by atoms with Gasteiger partial charge in [0, 0.05) is 24.5 Å². The molecule has 0 spiro atoms. The minimum Gasteiger partial charge on any atom is -0.437 e. The Hall–Kier alpha value is -1.10. The highest BCUT2D eigenvalue weighted by molar-refractivity contribution is 6.88. The summed E-state index contributed by atoms with van der Waals surface area (Å²) in [5.74, 6) is 0. The molecule has 16 heteroatoms. The third-order valence-corrected chi connectivity index (χ3v) is 25.2. The molecule has 1 aromatic carbocycles. The molecule has 0 radical (unpaired) electrons. The van der Waals surface area contributed by atoms with Gasteiger partial charge >= 0.3 is 29.2 Å². The van der Waals surface area contributed by atoms with E-state index < -0.39 is 50.4 Å². The number of benzene rings is 1. The van der Waals surface area contributed by atoms with Crippen molar-refractivity contribution in [1.29, 1.82) is 0 Å². The molecule has 1 rings (SSSR count). The summed E-state index contributed by atoms with van der Waals surface area (Å²) in [5.41, 5.74) is 2.14. The van der Waals surface area contributed by atoms with E-state index in [9.17, 15) is 9.59 Å². The first-order valence-corrected chi connectivity index (χ1v) is 34.9. The Morgan fingerprint density at radius 3 is 1.29 bits per heavy atom. The maximum atomic E-state index is 12.7. The Balaban J connectivity index is 2.64. The van der Waals surface area contributed by atoms with Gasteiger partial charge in [-0.25, -0.2) is 9.59 Å². The summed E-state index contributed by atoms with van der Waals surface area (Å²) in [6.45, 7) is 33.6. The lowest BCUT2D eigenvalue weighted by Gasteiger charge is -2.38. The molecular formula is C29H64N4O6Si6. The van der Waals surface area contributed by atoms with E-state index in [1.807, 2.05) is 19.1 Å². The third-order valence-electron chi connectivity index (χ3n) is 6.02. The van der Waals surface area contributed by atoms with Crippen LogP contribution in [0.5, 0.6) is 0 Å². The number of hydrogen-bond acceptors (Lipinski definition) is 6. The highest BCUT2D eigenvalue weighted by Crippen LogP contribution is 2.27. The molecule has 0 unspecified atom stereocenters. The third kappa shape index (κ3) is 20.0. The smallest absolute Gasteiger partial charge is 0.319 e. The van der Waals surface area contributed by atoms with Crippen molar-refractivity contribution in [3.8, 4) is 0 Å². The number of nitrogens with one attached hydrogen (secondary N) is 4. The van der Waals surface area contributed by atoms with Crippen molar-refractivity contribution >= 4 is 73.8 Å². The van der Waals surface area contributed by atoms with Crippen molar-refractivity contribution < 1.29 is 26.0 Å². The van der Waals surface area contributed by atoms with Crippen LogP contribution in [0.4, 0.5) is 21.0 Å². The van der Waals surface area contributed by atoms with Crippen molar-refractivity contribution in [3.05, 3.63) is 23.8 Å². The second-order valence-corrected chi connectivity index (χ2v) is 41.8. The molecule has 0 saturated heterocycles. The fourth-order valence-electron chi connectivity index (χ4n) is 5.24. The summed E-state index contributed by atoms with van der Waals surface area (Å²) >= 11 is 0. The molecule has 45 heavy (non-hydrogen) atoms. The second-order valence-electron chi connectivity index (χ2n) is 16.1. The molecule has 0 atom stereocenters. The van der Waals surface area contributed by atoms with Crippen molar-refractivity contribution in [2.45, 2.75) is 124 Å². The molecule has 260 valence electrons. The average molecular weight is 733 g/mol. The van der Waals surface area contributed by atoms with Gasteiger partial charge in [-0.05, 0) is 141 Å². The van der Waals surface area contributed by atoms with Crippen LogP contribution in [0.1, 0.15) is 18.4 Å². The summed E-state index contributed by atoms with van der Waals surface area (Å²) in [6, 6.07) is 6.56. The molecule has 0 aliphatic carbocycles. The zero-order valence-corrected chi connectivity index (χ0v) is 36.9. The quantitative estimate of drug-likeness (QED) is 0.0887. The predicted molar refractivity (Wildman–Crippen MR) is 205 cm³/mol. The van der Waals surface area contributed by atoms with Gasteiger partial charge in [0.1, 0.15) is 0 Å². The number of rotatable bonds is 18. The van der Waals surface area contributed by atoms with Crippen LogP contribution in [0.15, 0.2) is 18.2 Å². The summed E-state index contributed by atoms with van der Waals surface area (Å²) in [4.78, 5) is 25.4. The van der Waals surface area contributed by atoms with Gasteiger partial charge in [0.05, 0.1) is 0 Å². The van der Waals surface area contributed by atoms with Gasteiger partial charge in [-0.15, -0.1) is 0 Å². The van der Waals surface area contributed by atoms with E-state index in [4.69, 9.17) is 16.5 Å². The first kappa shape index (κ1) is 41.9. The maximum Gasteiger partial charge on any atom is 0.319 e. The van der Waals surface area contributed by atoms with E-state index in [1.54, 1.807) is 6.07 Å². The van der Waals surface area contributed by atoms with Crippen molar-refractivity contribution in [2.75, 3.05) is 23.7 Å². The molecule has 0 bridgehead atoms. The highest BCUT2D eigenvalue weighted by Gasteiger charge is 2.41. The van der Waals surface area contributed by atoms with Gasteiger partial charge in [-0.2, -0.15) is 0 Å². The van der Waals surface area contributed by atoms with Crippen LogP contribution in [0.3, 0.4) is 0 Å². The molecule has 4 N–H and O–H groups in total. The Morgan fingerprint density at radius 1 is 0.578 bits per heavy atom. The number of aryl methyl sites for hydroxylation is 1. The van der Waals surface area contributed by atoms with E-state index in [0.29, 0.717) is 24.5 Å². The normalized spacial score (nSPS) is 13.4. The van der Waals surface area contributed by atoms with Crippen LogP contribution in [0.2, 0.25) is 104 Å². The summed E-state index contributed by atoms with van der Waals surface area (Å²) in [6.07, 6.45) is 1.56. The number of amides is 4. The molecule has 0 aliphatic heterocycles. The maximum absolute atomic E-state index is 12.7. The predicted octanol–water partition coefficient (Wildman–Crippen LogP) is 8.57. The van der Waals surface area contributed by atoms with Gasteiger partial charge < -0.3 is 37.7 Å². The first-order chi connectivity index (χ1) is 20.2. The molecule has 4 amide bonds. The van der Waals surface area contributed by atoms with Crippen LogP contribution >= 0.6 is 0 Å². The fourth-order valence-corrected chi connectivity index (χ4v) is 30.3. The minimum atomic E-state index is -2.34. The summed E-state index contributed by atoms with van der Waals surface area (Å²) in [7, 11) is -11.7. The minimum absolute atomic E-state index is 0.284. The van der Waals surface area contributed by atoms with E-state index in [1.165, 1.54) is 0 Å². The Kier molecular flexibility index (Phi) is 15.7. The Labute approximate surface area is 280 Å². The van der Waals surface area contributed by atoms with Gasteiger partial charge in [0.2, 0.25) is 0 Å². The van der Waals surface area contributed by atoms with Gasteiger partial charge in [0.25, 0.3) is 0 Å². The van der Waals surface area contributed by atoms with Crippen molar-refractivity contribution in [1.82, 2.24) is 10.6 Å². The topological polar surface area (TPSA) is 119 Å². The first-order valence-electron chi connectivity index (χ1n) is 16.2. The second kappa shape index (κ2) is 16.8. The van der Waals surface area contributed by atoms with E-state index in [2.05, 4.69) is 113 Å². The highest BCUT2D eigenvalue weighted by atomic mass is 28.5. The van der Waals surface area contributed by atoms with E-state index in [-0.39, 0.29) is 12.1 Å². The summed E-state index contributed by atoms with van der Waals surface area (Å²) in [5, 5.41) is 11.7. The molecular weight excluding hydrogens is 669 g/mol. The lowest BCUT2D eigenvalue weighted by atomic mass is 10.2. The largest absolute Gasteiger partial charge is 0.437 e. The molecule has 0 heterocycles. The van der Waals surface area contributed by atoms with Gasteiger partial charge in [-0.3, -0.25) is 0 Å². The lowest BCUT2D eigenvalue weighted by Crippen LogP contribution is -2.52. The SMILES string of the molecule is Cc1ccc(NC(=O)NCCC[Si](C)(O[Si](C)(C)C)O[Si](C)(C)C)cc1NC(=O)NCCC[Si](C)(O[Si](C)(C)C)O[Si](C)(C)C. The van der Waals surface area contributed by atoms with Crippen LogP contribution in [-0.2, 0) is 16.5 Å². The van der Waals surface area contributed by atoms with Crippen molar-refractivity contribution in [2.24, 2.45) is 0 Å². The number of carbonyl (C=O) groups is 2. The van der Waals surface area contributed by atoms with Gasteiger partial charge in [-0.1, -0.05) is 6.07 Å². The fraction of sp³-hybridized carbons (Fsp3) is 0.724. The molecule has 0 aromatic heterocycles. The Bertz CT molecular complexity index is 1080. The standard InChI is InChI=1S/C29H64N4O6Si6/c1-25-18-19-26(32-28(34)30-20-16-22-44(14,36-40(2,3)4)37-41(5,6)7)24-27(25)33-29(35)31-21-17-23-45(15,38-42(8,9)10)39-43(11,12)13/h18-19,24H,16-17,20-23H2,1-15H3,(H2,30,32,34)(H2,31,33,35). The summed E-state index contributed by atoms with van der Waals surface area (Å²) < 4.78 is 26.2. The zero-order chi connectivity index (χ0) is 34.9. The number of urea groups is 2. The van der Waals surface area contributed by atoms with Crippen LogP contribution in [0.25, 0.3) is 0 Å². The van der Waals surface area contributed by atoms with Crippen LogP contribution in [-0.4, -0.2) is 75.5 Å². The number of hydrogen-bond donors (Lipinski definition) is 4.